The molecule has 1 N–H and O–H groups in total. The number of ether oxygens (including phenoxy) is 1. The fourth-order valence-corrected chi connectivity index (χ4v) is 2.61. The van der Waals surface area contributed by atoms with E-state index in [1.807, 2.05) is 19.1 Å². The van der Waals surface area contributed by atoms with Crippen LogP contribution in [0.1, 0.15) is 37.8 Å². The van der Waals surface area contributed by atoms with E-state index in [0.717, 1.165) is 22.6 Å². The Morgan fingerprint density at radius 2 is 2.05 bits per heavy atom. The van der Waals surface area contributed by atoms with Crippen LogP contribution in [0.4, 0.5) is 5.82 Å². The van der Waals surface area contributed by atoms with Gasteiger partial charge < -0.3 is 10.1 Å². The molecule has 0 saturated carbocycles. The van der Waals surface area contributed by atoms with Crippen LogP contribution in [0.25, 0.3) is 0 Å². The highest BCUT2D eigenvalue weighted by atomic mass is 79.9. The molecule has 5 heteroatoms. The van der Waals surface area contributed by atoms with E-state index in [9.17, 15) is 0 Å². The maximum atomic E-state index is 5.87. The summed E-state index contributed by atoms with van der Waals surface area (Å²) >= 11 is 3.48. The number of aryl methyl sites for hydroxylation is 1. The van der Waals surface area contributed by atoms with Crippen molar-refractivity contribution in [1.29, 1.82) is 0 Å². The first-order valence-corrected chi connectivity index (χ1v) is 7.85. The average molecular weight is 350 g/mol. The van der Waals surface area contributed by atoms with E-state index in [2.05, 4.69) is 58.1 Å². The van der Waals surface area contributed by atoms with Crippen LogP contribution in [-0.2, 0) is 0 Å². The Morgan fingerprint density at radius 1 is 1.29 bits per heavy atom. The number of aromatic nitrogens is 2. The molecule has 2 rings (SSSR count). The molecule has 0 aliphatic carbocycles. The van der Waals surface area contributed by atoms with Crippen molar-refractivity contribution in [2.24, 2.45) is 0 Å². The van der Waals surface area contributed by atoms with Gasteiger partial charge in [-0.05, 0) is 59.0 Å². The van der Waals surface area contributed by atoms with Crippen molar-refractivity contribution in [1.82, 2.24) is 9.97 Å². The first-order chi connectivity index (χ1) is 10.0. The molecule has 0 bridgehead atoms. The maximum absolute atomic E-state index is 5.87. The minimum atomic E-state index is 0.505. The first kappa shape index (κ1) is 15.8. The largest absolute Gasteiger partial charge is 0.438 e. The van der Waals surface area contributed by atoms with Gasteiger partial charge in [0.05, 0.1) is 0 Å². The average Bonchev–Trinajstić information content (AvgIpc) is 2.43. The summed E-state index contributed by atoms with van der Waals surface area (Å²) in [4.78, 5) is 8.36. The van der Waals surface area contributed by atoms with Crippen LogP contribution >= 0.6 is 15.9 Å². The molecule has 0 fully saturated rings. The number of rotatable bonds is 5. The van der Waals surface area contributed by atoms with Crippen LogP contribution in [0, 0.1) is 6.92 Å². The van der Waals surface area contributed by atoms with E-state index in [1.54, 1.807) is 0 Å². The summed E-state index contributed by atoms with van der Waals surface area (Å²) < 4.78 is 6.61. The first-order valence-electron chi connectivity index (χ1n) is 7.05. The Hall–Kier alpha value is -1.62. The summed E-state index contributed by atoms with van der Waals surface area (Å²) in [6.07, 6.45) is 1.49. The molecule has 0 radical (unpaired) electrons. The number of benzene rings is 1. The minimum absolute atomic E-state index is 0.505. The molecule has 0 spiro atoms. The third-order valence-electron chi connectivity index (χ3n) is 3.18. The zero-order valence-corrected chi connectivity index (χ0v) is 14.4. The van der Waals surface area contributed by atoms with E-state index >= 15 is 0 Å². The van der Waals surface area contributed by atoms with Crippen LogP contribution in [0.3, 0.4) is 0 Å². The lowest BCUT2D eigenvalue weighted by molar-refractivity contribution is 0.458. The Bertz CT molecular complexity index is 629. The molecule has 0 amide bonds. The van der Waals surface area contributed by atoms with Gasteiger partial charge in [-0.3, -0.25) is 0 Å². The smallest absolute Gasteiger partial charge is 0.238 e. The summed E-state index contributed by atoms with van der Waals surface area (Å²) in [6, 6.07) is 6.12. The highest BCUT2D eigenvalue weighted by Crippen LogP contribution is 2.33. The van der Waals surface area contributed by atoms with Gasteiger partial charge in [0.25, 0.3) is 0 Å². The number of anilines is 1. The van der Waals surface area contributed by atoms with Crippen molar-refractivity contribution in [2.75, 3.05) is 11.9 Å². The van der Waals surface area contributed by atoms with Crippen LogP contribution in [0.2, 0.25) is 0 Å². The van der Waals surface area contributed by atoms with E-state index in [4.69, 9.17) is 4.74 Å². The van der Waals surface area contributed by atoms with Crippen molar-refractivity contribution in [3.8, 4) is 11.6 Å². The lowest BCUT2D eigenvalue weighted by Gasteiger charge is -2.13. The van der Waals surface area contributed by atoms with Crippen molar-refractivity contribution in [2.45, 2.75) is 33.6 Å². The van der Waals surface area contributed by atoms with Gasteiger partial charge in [-0.2, -0.15) is 0 Å². The van der Waals surface area contributed by atoms with Crippen LogP contribution in [0.5, 0.6) is 11.6 Å². The second-order valence-electron chi connectivity index (χ2n) is 5.15. The molecule has 21 heavy (non-hydrogen) atoms. The Morgan fingerprint density at radius 3 is 2.67 bits per heavy atom. The molecule has 0 aliphatic rings. The highest BCUT2D eigenvalue weighted by molar-refractivity contribution is 9.10. The highest BCUT2D eigenvalue weighted by Gasteiger charge is 2.11. The van der Waals surface area contributed by atoms with Crippen molar-refractivity contribution >= 4 is 21.7 Å². The lowest BCUT2D eigenvalue weighted by Crippen LogP contribution is -2.02. The van der Waals surface area contributed by atoms with Gasteiger partial charge in [0.2, 0.25) is 5.88 Å². The van der Waals surface area contributed by atoms with Crippen molar-refractivity contribution in [3.05, 3.63) is 40.1 Å². The summed E-state index contributed by atoms with van der Waals surface area (Å²) in [5, 5.41) is 3.16. The zero-order valence-electron chi connectivity index (χ0n) is 12.8. The molecule has 1 aromatic carbocycles. The van der Waals surface area contributed by atoms with Gasteiger partial charge in [-0.15, -0.1) is 0 Å². The van der Waals surface area contributed by atoms with E-state index in [1.165, 1.54) is 17.5 Å². The Kier molecular flexibility index (Phi) is 5.17. The molecule has 1 heterocycles. The zero-order chi connectivity index (χ0) is 15.4. The monoisotopic (exact) mass is 349 g/mol. The van der Waals surface area contributed by atoms with E-state index in [-0.39, 0.29) is 0 Å². The number of hydrogen-bond acceptors (Lipinski definition) is 4. The number of nitrogens with zero attached hydrogens (tertiary/aromatic N) is 2. The third kappa shape index (κ3) is 3.73. The summed E-state index contributed by atoms with van der Waals surface area (Å²) in [7, 11) is 0. The van der Waals surface area contributed by atoms with Gasteiger partial charge in [-0.25, -0.2) is 9.97 Å². The lowest BCUT2D eigenvalue weighted by atomic mass is 9.98. The maximum Gasteiger partial charge on any atom is 0.238 e. The topological polar surface area (TPSA) is 47.0 Å². The Labute approximate surface area is 134 Å². The van der Waals surface area contributed by atoms with E-state index < -0.39 is 0 Å². The predicted molar refractivity (Wildman–Crippen MR) is 89.2 cm³/mol. The van der Waals surface area contributed by atoms with Crippen LogP contribution in [-0.4, -0.2) is 16.5 Å². The third-order valence-corrected chi connectivity index (χ3v) is 3.89. The predicted octanol–water partition coefficient (Wildman–Crippen LogP) is 4.90. The molecule has 4 nitrogen and oxygen atoms in total. The second kappa shape index (κ2) is 6.89. The molecule has 112 valence electrons. The second-order valence-corrected chi connectivity index (χ2v) is 5.94. The number of hydrogen-bond donors (Lipinski definition) is 1. The quantitative estimate of drug-likeness (QED) is 0.834. The SMILES string of the molecule is CCNc1ncnc(Oc2ccc(C(C)C)c(C)c2)c1Br. The molecule has 0 aliphatic heterocycles. The molecule has 1 aromatic heterocycles. The fraction of sp³-hybridized carbons (Fsp3) is 0.375. The van der Waals surface area contributed by atoms with Crippen LogP contribution < -0.4 is 10.1 Å². The minimum Gasteiger partial charge on any atom is -0.438 e. The molecule has 0 atom stereocenters. The van der Waals surface area contributed by atoms with Gasteiger partial charge in [0, 0.05) is 6.54 Å². The van der Waals surface area contributed by atoms with Gasteiger partial charge in [0.1, 0.15) is 22.4 Å². The molecule has 2 aromatic rings. The van der Waals surface area contributed by atoms with Gasteiger partial charge >= 0.3 is 0 Å². The molecular formula is C16H20BrN3O. The molecule has 0 unspecified atom stereocenters. The molecule has 0 saturated heterocycles. The Balaban J connectivity index is 2.26. The standard InChI is InChI=1S/C16H20BrN3O/c1-5-18-15-14(17)16(20-9-19-15)21-12-6-7-13(10(2)3)11(4)8-12/h6-10H,5H2,1-4H3,(H,18,19,20). The number of nitrogens with one attached hydrogen (secondary N) is 1. The van der Waals surface area contributed by atoms with Crippen molar-refractivity contribution < 1.29 is 4.74 Å². The summed E-state index contributed by atoms with van der Waals surface area (Å²) in [5.41, 5.74) is 2.55. The summed E-state index contributed by atoms with van der Waals surface area (Å²) in [6.45, 7) is 9.28. The van der Waals surface area contributed by atoms with Gasteiger partial charge in [-0.1, -0.05) is 19.9 Å². The van der Waals surface area contributed by atoms with Crippen LogP contribution in [0.15, 0.2) is 29.0 Å². The fourth-order valence-electron chi connectivity index (χ4n) is 2.19. The van der Waals surface area contributed by atoms with Crippen molar-refractivity contribution in [3.63, 3.8) is 0 Å². The molecular weight excluding hydrogens is 330 g/mol. The normalized spacial score (nSPS) is 10.8. The summed E-state index contributed by atoms with van der Waals surface area (Å²) in [5.74, 6) is 2.53. The van der Waals surface area contributed by atoms with E-state index in [0.29, 0.717) is 11.8 Å². The number of halogens is 1. The van der Waals surface area contributed by atoms with Gasteiger partial charge in [0.15, 0.2) is 0 Å².